The monoisotopic (exact) mass is 341 g/mol. The maximum atomic E-state index is 12.4. The van der Waals surface area contributed by atoms with E-state index < -0.39 is 0 Å². The molecule has 0 heterocycles. The lowest BCUT2D eigenvalue weighted by atomic mass is 10.1. The van der Waals surface area contributed by atoms with Crippen molar-refractivity contribution in [3.63, 3.8) is 0 Å². The van der Waals surface area contributed by atoms with E-state index in [2.05, 4.69) is 5.32 Å². The number of amides is 1. The third-order valence-corrected chi connectivity index (χ3v) is 4.18. The highest BCUT2D eigenvalue weighted by molar-refractivity contribution is 5.97. The van der Waals surface area contributed by atoms with E-state index in [1.165, 1.54) is 6.92 Å². The number of carbonyl (C=O) groups excluding carboxylic acids is 2. The molecule has 132 valence electrons. The first-order valence-electron chi connectivity index (χ1n) is 8.39. The SMILES string of the molecule is CC(=O)c1cccc(NC(=O)[C@@H](C)[NH+](C)CCOc2ccccc2)c1. The van der Waals surface area contributed by atoms with Crippen LogP contribution in [0.2, 0.25) is 0 Å². The number of likely N-dealkylation sites (N-methyl/N-ethyl adjacent to an activating group) is 1. The minimum Gasteiger partial charge on any atom is -0.488 e. The summed E-state index contributed by atoms with van der Waals surface area (Å²) < 4.78 is 5.68. The third-order valence-electron chi connectivity index (χ3n) is 4.18. The fourth-order valence-corrected chi connectivity index (χ4v) is 2.35. The van der Waals surface area contributed by atoms with Crippen molar-refractivity contribution in [1.82, 2.24) is 0 Å². The number of quaternary nitrogens is 1. The number of ketones is 1. The first kappa shape index (κ1) is 18.7. The van der Waals surface area contributed by atoms with Crippen molar-refractivity contribution in [2.24, 2.45) is 0 Å². The van der Waals surface area contributed by atoms with Crippen molar-refractivity contribution < 1.29 is 19.2 Å². The molecule has 2 atom stereocenters. The van der Waals surface area contributed by atoms with Crippen molar-refractivity contribution in [2.45, 2.75) is 19.9 Å². The molecule has 0 aliphatic carbocycles. The van der Waals surface area contributed by atoms with E-state index in [0.717, 1.165) is 10.6 Å². The highest BCUT2D eigenvalue weighted by Gasteiger charge is 2.21. The Morgan fingerprint density at radius 1 is 1.12 bits per heavy atom. The van der Waals surface area contributed by atoms with Crippen molar-refractivity contribution in [3.05, 3.63) is 60.2 Å². The molecule has 0 spiro atoms. The van der Waals surface area contributed by atoms with Gasteiger partial charge in [-0.2, -0.15) is 0 Å². The maximum absolute atomic E-state index is 12.4. The molecule has 2 aromatic rings. The van der Waals surface area contributed by atoms with Crippen LogP contribution in [0.4, 0.5) is 5.69 Å². The van der Waals surface area contributed by atoms with Crippen LogP contribution in [0.25, 0.3) is 0 Å². The molecule has 0 aliphatic heterocycles. The lowest BCUT2D eigenvalue weighted by molar-refractivity contribution is -0.894. The lowest BCUT2D eigenvalue weighted by Crippen LogP contribution is -3.14. The lowest BCUT2D eigenvalue weighted by Gasteiger charge is -2.21. The van der Waals surface area contributed by atoms with Crippen LogP contribution in [0.5, 0.6) is 5.75 Å². The van der Waals surface area contributed by atoms with Gasteiger partial charge in [0, 0.05) is 11.3 Å². The standard InChI is InChI=1S/C20H24N2O3/c1-15(22(3)12-13-25-19-10-5-4-6-11-19)20(24)21-18-9-7-8-17(14-18)16(2)23/h4-11,14-15H,12-13H2,1-3H3,(H,21,24)/p+1/t15-/m1/s1. The highest BCUT2D eigenvalue weighted by atomic mass is 16.5. The number of hydrogen-bond donors (Lipinski definition) is 2. The minimum absolute atomic E-state index is 0.0232. The van der Waals surface area contributed by atoms with E-state index in [1.54, 1.807) is 24.3 Å². The summed E-state index contributed by atoms with van der Waals surface area (Å²) in [6, 6.07) is 16.4. The number of anilines is 1. The van der Waals surface area contributed by atoms with Gasteiger partial charge in [0.05, 0.1) is 7.05 Å². The molecule has 5 nitrogen and oxygen atoms in total. The number of carbonyl (C=O) groups is 2. The summed E-state index contributed by atoms with van der Waals surface area (Å²) in [7, 11) is 1.96. The molecule has 0 radical (unpaired) electrons. The van der Waals surface area contributed by atoms with Crippen LogP contribution in [0.1, 0.15) is 24.2 Å². The maximum Gasteiger partial charge on any atom is 0.282 e. The van der Waals surface area contributed by atoms with Crippen molar-refractivity contribution in [1.29, 1.82) is 0 Å². The van der Waals surface area contributed by atoms with Crippen LogP contribution in [0.3, 0.4) is 0 Å². The van der Waals surface area contributed by atoms with Gasteiger partial charge in [-0.05, 0) is 38.1 Å². The quantitative estimate of drug-likeness (QED) is 0.720. The average molecular weight is 341 g/mol. The molecule has 0 fully saturated rings. The van der Waals surface area contributed by atoms with E-state index in [1.807, 2.05) is 44.3 Å². The molecule has 5 heteroatoms. The molecule has 2 rings (SSSR count). The molecule has 0 aliphatic rings. The predicted molar refractivity (Wildman–Crippen MR) is 98.2 cm³/mol. The normalized spacial score (nSPS) is 12.9. The van der Waals surface area contributed by atoms with E-state index in [-0.39, 0.29) is 17.7 Å². The zero-order valence-electron chi connectivity index (χ0n) is 14.9. The topological polar surface area (TPSA) is 59.8 Å². The Kier molecular flexibility index (Phi) is 6.71. The van der Waals surface area contributed by atoms with Gasteiger partial charge in [0.25, 0.3) is 5.91 Å². The molecule has 25 heavy (non-hydrogen) atoms. The molecule has 1 unspecified atom stereocenters. The molecule has 1 amide bonds. The largest absolute Gasteiger partial charge is 0.488 e. The van der Waals surface area contributed by atoms with Gasteiger partial charge in [0.1, 0.15) is 18.9 Å². The zero-order valence-corrected chi connectivity index (χ0v) is 14.9. The van der Waals surface area contributed by atoms with Crippen LogP contribution >= 0.6 is 0 Å². The number of rotatable bonds is 8. The summed E-state index contributed by atoms with van der Waals surface area (Å²) in [5.74, 6) is 0.719. The zero-order chi connectivity index (χ0) is 18.2. The molecular weight excluding hydrogens is 316 g/mol. The highest BCUT2D eigenvalue weighted by Crippen LogP contribution is 2.11. The second-order valence-corrected chi connectivity index (χ2v) is 6.11. The number of Topliss-reactive ketones (excluding diaryl/α,β-unsaturated/α-hetero) is 1. The van der Waals surface area contributed by atoms with Gasteiger partial charge in [-0.25, -0.2) is 0 Å². The van der Waals surface area contributed by atoms with Crippen molar-refractivity contribution in [3.8, 4) is 5.75 Å². The van der Waals surface area contributed by atoms with Crippen molar-refractivity contribution >= 4 is 17.4 Å². The minimum atomic E-state index is -0.236. The Labute approximate surface area is 148 Å². The Morgan fingerprint density at radius 2 is 1.84 bits per heavy atom. The summed E-state index contributed by atoms with van der Waals surface area (Å²) in [4.78, 5) is 24.9. The van der Waals surface area contributed by atoms with E-state index in [9.17, 15) is 9.59 Å². The van der Waals surface area contributed by atoms with Crippen LogP contribution in [-0.2, 0) is 4.79 Å². The van der Waals surface area contributed by atoms with Crippen molar-refractivity contribution in [2.75, 3.05) is 25.5 Å². The first-order valence-corrected chi connectivity index (χ1v) is 8.39. The Morgan fingerprint density at radius 3 is 2.52 bits per heavy atom. The molecule has 2 N–H and O–H groups in total. The average Bonchev–Trinajstić information content (AvgIpc) is 2.62. The summed E-state index contributed by atoms with van der Waals surface area (Å²) in [5, 5.41) is 2.87. The Hall–Kier alpha value is -2.66. The fourth-order valence-electron chi connectivity index (χ4n) is 2.35. The Bertz CT molecular complexity index is 716. The van der Waals surface area contributed by atoms with Gasteiger partial charge in [-0.3, -0.25) is 9.59 Å². The Balaban J connectivity index is 1.84. The van der Waals surface area contributed by atoms with E-state index >= 15 is 0 Å². The number of hydrogen-bond acceptors (Lipinski definition) is 3. The van der Waals surface area contributed by atoms with Gasteiger partial charge in [-0.1, -0.05) is 30.3 Å². The van der Waals surface area contributed by atoms with Crippen LogP contribution < -0.4 is 15.0 Å². The van der Waals surface area contributed by atoms with Gasteiger partial charge in [0.15, 0.2) is 11.8 Å². The van der Waals surface area contributed by atoms with Gasteiger partial charge in [-0.15, -0.1) is 0 Å². The number of benzene rings is 2. The molecule has 0 saturated heterocycles. The first-order chi connectivity index (χ1) is 12.0. The number of ether oxygens (including phenoxy) is 1. The van der Waals surface area contributed by atoms with E-state index in [0.29, 0.717) is 24.4 Å². The molecule has 0 aromatic heterocycles. The predicted octanol–water partition coefficient (Wildman–Crippen LogP) is 1.81. The van der Waals surface area contributed by atoms with Crippen LogP contribution in [0, 0.1) is 0 Å². The fraction of sp³-hybridized carbons (Fsp3) is 0.300. The second-order valence-electron chi connectivity index (χ2n) is 6.11. The van der Waals surface area contributed by atoms with Crippen LogP contribution in [0.15, 0.2) is 54.6 Å². The summed E-state index contributed by atoms with van der Waals surface area (Å²) in [6.07, 6.45) is 0. The third kappa shape index (κ3) is 5.72. The van der Waals surface area contributed by atoms with Gasteiger partial charge in [0.2, 0.25) is 0 Å². The summed E-state index contributed by atoms with van der Waals surface area (Å²) in [5.41, 5.74) is 1.22. The van der Waals surface area contributed by atoms with Gasteiger partial charge < -0.3 is 15.0 Å². The number of nitrogens with one attached hydrogen (secondary N) is 2. The number of para-hydroxylation sites is 1. The molecule has 0 bridgehead atoms. The summed E-state index contributed by atoms with van der Waals surface area (Å²) >= 11 is 0. The molecule has 0 saturated carbocycles. The summed E-state index contributed by atoms with van der Waals surface area (Å²) in [6.45, 7) is 4.63. The smallest absolute Gasteiger partial charge is 0.282 e. The second kappa shape index (κ2) is 8.99. The molecule has 2 aromatic carbocycles. The van der Waals surface area contributed by atoms with E-state index in [4.69, 9.17) is 4.74 Å². The van der Waals surface area contributed by atoms with Crippen LogP contribution in [-0.4, -0.2) is 37.9 Å². The van der Waals surface area contributed by atoms with Gasteiger partial charge >= 0.3 is 0 Å². The molecular formula is C20H25N2O3+.